The van der Waals surface area contributed by atoms with Crippen LogP contribution in [-0.2, 0) is 14.8 Å². The number of anilines is 1. The average molecular weight is 321 g/mol. The Morgan fingerprint density at radius 1 is 1.50 bits per heavy atom. The van der Waals surface area contributed by atoms with E-state index >= 15 is 0 Å². The molecule has 0 aliphatic carbocycles. The van der Waals surface area contributed by atoms with E-state index in [-0.39, 0.29) is 17.1 Å². The topological polar surface area (TPSA) is 89.7 Å². The van der Waals surface area contributed by atoms with Gasteiger partial charge in [0.2, 0.25) is 15.9 Å². The number of sulfonamides is 1. The Kier molecular flexibility index (Phi) is 5.24. The molecule has 0 aliphatic heterocycles. The number of methoxy groups -OCH3 is 1. The third-order valence-electron chi connectivity index (χ3n) is 2.75. The molecule has 0 fully saturated rings. The standard InChI is InChI=1S/C12H17ClN2O4S/c1-4-10(12(14)16)15(20(3,17)18)8-5-6-11(19-2)9(13)7-8/h5-7,10H,4H2,1-3H3,(H2,14,16). The van der Waals surface area contributed by atoms with Crippen LogP contribution in [0, 0.1) is 0 Å². The lowest BCUT2D eigenvalue weighted by molar-refractivity contribution is -0.119. The van der Waals surface area contributed by atoms with Gasteiger partial charge in [-0.1, -0.05) is 18.5 Å². The number of primary amides is 1. The van der Waals surface area contributed by atoms with Gasteiger partial charge in [-0.25, -0.2) is 8.42 Å². The number of carbonyl (C=O) groups excluding carboxylic acids is 1. The van der Waals surface area contributed by atoms with Crippen LogP contribution in [0.25, 0.3) is 0 Å². The van der Waals surface area contributed by atoms with Crippen molar-refractivity contribution in [1.82, 2.24) is 0 Å². The van der Waals surface area contributed by atoms with Crippen LogP contribution in [0.5, 0.6) is 5.75 Å². The summed E-state index contributed by atoms with van der Waals surface area (Å²) >= 11 is 5.99. The minimum atomic E-state index is -3.68. The summed E-state index contributed by atoms with van der Waals surface area (Å²) in [7, 11) is -2.23. The highest BCUT2D eigenvalue weighted by Gasteiger charge is 2.30. The Labute approximate surface area is 123 Å². The highest BCUT2D eigenvalue weighted by atomic mass is 35.5. The second kappa shape index (κ2) is 6.32. The summed E-state index contributed by atoms with van der Waals surface area (Å²) in [6.07, 6.45) is 1.27. The van der Waals surface area contributed by atoms with Crippen molar-refractivity contribution in [2.45, 2.75) is 19.4 Å². The first kappa shape index (κ1) is 16.6. The van der Waals surface area contributed by atoms with Gasteiger partial charge < -0.3 is 10.5 Å². The molecule has 1 aromatic rings. The molecule has 0 saturated heterocycles. The zero-order valence-electron chi connectivity index (χ0n) is 11.5. The third-order valence-corrected chi connectivity index (χ3v) is 4.22. The van der Waals surface area contributed by atoms with E-state index in [1.807, 2.05) is 0 Å². The van der Waals surface area contributed by atoms with E-state index in [1.54, 1.807) is 6.92 Å². The van der Waals surface area contributed by atoms with Crippen molar-refractivity contribution in [3.8, 4) is 5.75 Å². The maximum atomic E-state index is 11.9. The summed E-state index contributed by atoms with van der Waals surface area (Å²) in [4.78, 5) is 11.5. The maximum Gasteiger partial charge on any atom is 0.241 e. The summed E-state index contributed by atoms with van der Waals surface area (Å²) in [6.45, 7) is 1.68. The first-order chi connectivity index (χ1) is 9.22. The molecule has 1 aromatic carbocycles. The molecule has 0 spiro atoms. The number of ether oxygens (including phenoxy) is 1. The van der Waals surface area contributed by atoms with Crippen LogP contribution >= 0.6 is 11.6 Å². The fraction of sp³-hybridized carbons (Fsp3) is 0.417. The first-order valence-corrected chi connectivity index (χ1v) is 8.07. The van der Waals surface area contributed by atoms with Crippen molar-refractivity contribution in [3.05, 3.63) is 23.2 Å². The fourth-order valence-corrected chi connectivity index (χ4v) is 3.34. The van der Waals surface area contributed by atoms with Crippen molar-refractivity contribution < 1.29 is 17.9 Å². The minimum absolute atomic E-state index is 0.248. The number of nitrogens with two attached hydrogens (primary N) is 1. The van der Waals surface area contributed by atoms with E-state index in [0.717, 1.165) is 10.6 Å². The van der Waals surface area contributed by atoms with Gasteiger partial charge in [0.05, 0.1) is 24.1 Å². The average Bonchev–Trinajstić information content (AvgIpc) is 2.33. The number of nitrogens with zero attached hydrogens (tertiary/aromatic N) is 1. The van der Waals surface area contributed by atoms with Crippen molar-refractivity contribution in [2.75, 3.05) is 17.7 Å². The van der Waals surface area contributed by atoms with Crippen LogP contribution in [0.1, 0.15) is 13.3 Å². The van der Waals surface area contributed by atoms with Crippen molar-refractivity contribution in [3.63, 3.8) is 0 Å². The normalized spacial score (nSPS) is 12.8. The molecule has 112 valence electrons. The van der Waals surface area contributed by atoms with Gasteiger partial charge in [0.1, 0.15) is 11.8 Å². The minimum Gasteiger partial charge on any atom is -0.495 e. The molecule has 0 aromatic heterocycles. The second-order valence-corrected chi connectivity index (χ2v) is 6.47. The summed E-state index contributed by atoms with van der Waals surface area (Å²) in [5, 5.41) is 0.248. The van der Waals surface area contributed by atoms with Crippen LogP contribution in [0.15, 0.2) is 18.2 Å². The Morgan fingerprint density at radius 2 is 2.10 bits per heavy atom. The highest BCUT2D eigenvalue weighted by Crippen LogP contribution is 2.31. The van der Waals surface area contributed by atoms with Crippen LogP contribution in [0.2, 0.25) is 5.02 Å². The molecule has 2 N–H and O–H groups in total. The Balaban J connectivity index is 3.39. The third kappa shape index (κ3) is 3.55. The molecule has 0 radical (unpaired) electrons. The van der Waals surface area contributed by atoms with Crippen LogP contribution in [0.4, 0.5) is 5.69 Å². The zero-order chi connectivity index (χ0) is 15.5. The Bertz CT molecular complexity index is 603. The molecule has 6 nitrogen and oxygen atoms in total. The SMILES string of the molecule is CCC(C(N)=O)N(c1ccc(OC)c(Cl)c1)S(C)(=O)=O. The number of carbonyl (C=O) groups is 1. The summed E-state index contributed by atoms with van der Waals surface area (Å²) in [5.41, 5.74) is 5.54. The molecule has 0 heterocycles. The van der Waals surface area contributed by atoms with Gasteiger partial charge in [-0.15, -0.1) is 0 Å². The lowest BCUT2D eigenvalue weighted by Gasteiger charge is -2.29. The zero-order valence-corrected chi connectivity index (χ0v) is 13.0. The molecule has 0 bridgehead atoms. The van der Waals surface area contributed by atoms with Crippen molar-refractivity contribution >= 4 is 33.2 Å². The Hall–Kier alpha value is -1.47. The van der Waals surface area contributed by atoms with Crippen LogP contribution in [-0.4, -0.2) is 33.7 Å². The van der Waals surface area contributed by atoms with Gasteiger partial charge >= 0.3 is 0 Å². The number of hydrogen-bond donors (Lipinski definition) is 1. The summed E-state index contributed by atoms with van der Waals surface area (Å²) in [6, 6.07) is 3.50. The quantitative estimate of drug-likeness (QED) is 0.857. The van der Waals surface area contributed by atoms with Crippen LogP contribution in [0.3, 0.4) is 0 Å². The fourth-order valence-electron chi connectivity index (χ4n) is 1.88. The molecule has 8 heteroatoms. The molecule has 1 amide bonds. The smallest absolute Gasteiger partial charge is 0.241 e. The van der Waals surface area contributed by atoms with E-state index in [2.05, 4.69) is 0 Å². The van der Waals surface area contributed by atoms with Crippen LogP contribution < -0.4 is 14.8 Å². The predicted molar refractivity (Wildman–Crippen MR) is 78.6 cm³/mol. The largest absolute Gasteiger partial charge is 0.495 e. The molecule has 1 atom stereocenters. The number of halogens is 1. The van der Waals surface area contributed by atoms with E-state index in [4.69, 9.17) is 22.1 Å². The first-order valence-electron chi connectivity index (χ1n) is 5.84. The highest BCUT2D eigenvalue weighted by molar-refractivity contribution is 7.92. The monoisotopic (exact) mass is 320 g/mol. The maximum absolute atomic E-state index is 11.9. The molecule has 1 unspecified atom stereocenters. The molecule has 1 rings (SSSR count). The van der Waals surface area contributed by atoms with E-state index in [0.29, 0.717) is 5.75 Å². The lowest BCUT2D eigenvalue weighted by Crippen LogP contribution is -2.47. The molecule has 0 aliphatic rings. The Morgan fingerprint density at radius 3 is 2.45 bits per heavy atom. The summed E-state index contributed by atoms with van der Waals surface area (Å²) < 4.78 is 29.9. The molecule has 20 heavy (non-hydrogen) atoms. The summed E-state index contributed by atoms with van der Waals surface area (Å²) in [5.74, 6) is -0.305. The molecular formula is C12H17ClN2O4S. The van der Waals surface area contributed by atoms with Gasteiger partial charge in [-0.2, -0.15) is 0 Å². The van der Waals surface area contributed by atoms with Gasteiger partial charge in [-0.05, 0) is 24.6 Å². The van der Waals surface area contributed by atoms with E-state index < -0.39 is 22.0 Å². The number of hydrogen-bond acceptors (Lipinski definition) is 4. The second-order valence-electron chi connectivity index (χ2n) is 4.20. The van der Waals surface area contributed by atoms with Gasteiger partial charge in [0, 0.05) is 0 Å². The molecule has 0 saturated carbocycles. The number of benzene rings is 1. The number of amides is 1. The van der Waals surface area contributed by atoms with Gasteiger partial charge in [0.15, 0.2) is 0 Å². The van der Waals surface area contributed by atoms with Gasteiger partial charge in [0.25, 0.3) is 0 Å². The van der Waals surface area contributed by atoms with Crippen molar-refractivity contribution in [2.24, 2.45) is 5.73 Å². The number of rotatable bonds is 6. The molecular weight excluding hydrogens is 304 g/mol. The lowest BCUT2D eigenvalue weighted by atomic mass is 10.2. The van der Waals surface area contributed by atoms with Gasteiger partial charge in [-0.3, -0.25) is 9.10 Å². The predicted octanol–water partition coefficient (Wildman–Crippen LogP) is 1.38. The van der Waals surface area contributed by atoms with E-state index in [9.17, 15) is 13.2 Å². The van der Waals surface area contributed by atoms with Crippen molar-refractivity contribution in [1.29, 1.82) is 0 Å². The van der Waals surface area contributed by atoms with E-state index in [1.165, 1.54) is 25.3 Å².